The Morgan fingerprint density at radius 1 is 1.27 bits per heavy atom. The number of rotatable bonds is 6. The molecular formula is C14H21F3N2O2S. The minimum atomic E-state index is -4.58. The van der Waals surface area contributed by atoms with Crippen molar-refractivity contribution in [1.29, 1.82) is 0 Å². The quantitative estimate of drug-likeness (QED) is 0.867. The van der Waals surface area contributed by atoms with Crippen LogP contribution < -0.4 is 5.73 Å². The van der Waals surface area contributed by atoms with Crippen molar-refractivity contribution in [1.82, 2.24) is 4.31 Å². The monoisotopic (exact) mass is 338 g/mol. The average Bonchev–Trinajstić information content (AvgIpc) is 2.43. The minimum Gasteiger partial charge on any atom is -0.327 e. The van der Waals surface area contributed by atoms with Gasteiger partial charge in [-0.1, -0.05) is 19.9 Å². The van der Waals surface area contributed by atoms with Gasteiger partial charge in [-0.25, -0.2) is 12.7 Å². The smallest absolute Gasteiger partial charge is 0.327 e. The second-order valence-corrected chi connectivity index (χ2v) is 7.59. The fourth-order valence-electron chi connectivity index (χ4n) is 1.80. The molecule has 0 aliphatic carbocycles. The van der Waals surface area contributed by atoms with Crippen LogP contribution >= 0.6 is 0 Å². The topological polar surface area (TPSA) is 63.4 Å². The number of benzene rings is 1. The van der Waals surface area contributed by atoms with Crippen LogP contribution in [0.3, 0.4) is 0 Å². The molecule has 1 aromatic carbocycles. The number of nitrogens with two attached hydrogens (primary N) is 1. The van der Waals surface area contributed by atoms with Gasteiger partial charge in [0.15, 0.2) is 0 Å². The predicted octanol–water partition coefficient (Wildman–Crippen LogP) is 2.70. The van der Waals surface area contributed by atoms with Crippen molar-refractivity contribution >= 4 is 10.0 Å². The molecule has 0 spiro atoms. The number of hydrogen-bond donors (Lipinski definition) is 1. The average molecular weight is 338 g/mol. The molecule has 126 valence electrons. The normalized spacial score (nSPS) is 14.6. The molecule has 0 aliphatic heterocycles. The molecule has 0 radical (unpaired) electrons. The summed E-state index contributed by atoms with van der Waals surface area (Å²) in [5.41, 5.74) is 4.87. The lowest BCUT2D eigenvalue weighted by Crippen LogP contribution is -2.34. The molecule has 1 aromatic rings. The maximum absolute atomic E-state index is 12.7. The van der Waals surface area contributed by atoms with E-state index >= 15 is 0 Å². The lowest BCUT2D eigenvalue weighted by Gasteiger charge is -2.21. The highest BCUT2D eigenvalue weighted by Gasteiger charge is 2.32. The summed E-state index contributed by atoms with van der Waals surface area (Å²) in [5.74, 6) is 0.199. The molecule has 0 aliphatic rings. The van der Waals surface area contributed by atoms with Gasteiger partial charge in [-0.3, -0.25) is 0 Å². The molecule has 1 unspecified atom stereocenters. The first kappa shape index (κ1) is 18.9. The number of sulfonamides is 1. The van der Waals surface area contributed by atoms with Crippen LogP contribution in [0, 0.1) is 5.92 Å². The van der Waals surface area contributed by atoms with Crippen molar-refractivity contribution in [2.45, 2.75) is 37.4 Å². The molecule has 0 heterocycles. The van der Waals surface area contributed by atoms with E-state index in [1.165, 1.54) is 7.05 Å². The van der Waals surface area contributed by atoms with Crippen molar-refractivity contribution in [3.8, 4) is 0 Å². The third-order valence-corrected chi connectivity index (χ3v) is 5.36. The second kappa shape index (κ2) is 6.97. The molecule has 2 N–H and O–H groups in total. The van der Waals surface area contributed by atoms with E-state index in [2.05, 4.69) is 0 Å². The molecule has 0 fully saturated rings. The Kier molecular flexibility index (Phi) is 6.00. The van der Waals surface area contributed by atoms with Crippen LogP contribution in [-0.4, -0.2) is 32.4 Å². The summed E-state index contributed by atoms with van der Waals surface area (Å²) in [6.45, 7) is 4.00. The Labute approximate surface area is 129 Å². The Morgan fingerprint density at radius 3 is 2.36 bits per heavy atom. The van der Waals surface area contributed by atoms with E-state index in [0.717, 1.165) is 22.5 Å². The summed E-state index contributed by atoms with van der Waals surface area (Å²) >= 11 is 0. The maximum Gasteiger partial charge on any atom is 0.416 e. The zero-order valence-corrected chi connectivity index (χ0v) is 13.6. The third kappa shape index (κ3) is 4.69. The minimum absolute atomic E-state index is 0.151. The SMILES string of the molecule is CC(C)C(N)CCN(C)S(=O)(=O)c1cccc(C(F)(F)F)c1. The lowest BCUT2D eigenvalue weighted by molar-refractivity contribution is -0.137. The zero-order chi connectivity index (χ0) is 17.1. The molecule has 0 saturated carbocycles. The van der Waals surface area contributed by atoms with Crippen LogP contribution in [0.4, 0.5) is 13.2 Å². The highest BCUT2D eigenvalue weighted by molar-refractivity contribution is 7.89. The Bertz CT molecular complexity index is 600. The van der Waals surface area contributed by atoms with Crippen LogP contribution in [-0.2, 0) is 16.2 Å². The summed E-state index contributed by atoms with van der Waals surface area (Å²) in [6.07, 6.45) is -4.14. The fraction of sp³-hybridized carbons (Fsp3) is 0.571. The van der Waals surface area contributed by atoms with E-state index in [9.17, 15) is 21.6 Å². The van der Waals surface area contributed by atoms with Crippen LogP contribution in [0.1, 0.15) is 25.8 Å². The van der Waals surface area contributed by atoms with Gasteiger partial charge < -0.3 is 5.73 Å². The molecule has 4 nitrogen and oxygen atoms in total. The van der Waals surface area contributed by atoms with Crippen molar-refractivity contribution in [2.75, 3.05) is 13.6 Å². The van der Waals surface area contributed by atoms with Crippen molar-refractivity contribution in [3.05, 3.63) is 29.8 Å². The Hall–Kier alpha value is -1.12. The lowest BCUT2D eigenvalue weighted by atomic mass is 10.0. The summed E-state index contributed by atoms with van der Waals surface area (Å²) in [5, 5.41) is 0. The molecular weight excluding hydrogens is 317 g/mol. The molecule has 0 aromatic heterocycles. The summed E-state index contributed by atoms with van der Waals surface area (Å²) < 4.78 is 63.7. The Morgan fingerprint density at radius 2 is 1.86 bits per heavy atom. The van der Waals surface area contributed by atoms with Gasteiger partial charge in [0.25, 0.3) is 0 Å². The van der Waals surface area contributed by atoms with Crippen LogP contribution in [0.2, 0.25) is 0 Å². The highest BCUT2D eigenvalue weighted by atomic mass is 32.2. The second-order valence-electron chi connectivity index (χ2n) is 5.55. The van der Waals surface area contributed by atoms with Gasteiger partial charge in [0, 0.05) is 19.6 Å². The molecule has 0 saturated heterocycles. The van der Waals surface area contributed by atoms with E-state index in [1.807, 2.05) is 13.8 Å². The fourth-order valence-corrected chi connectivity index (χ4v) is 3.03. The van der Waals surface area contributed by atoms with Crippen LogP contribution in [0.15, 0.2) is 29.2 Å². The van der Waals surface area contributed by atoms with E-state index in [-0.39, 0.29) is 23.4 Å². The van der Waals surface area contributed by atoms with E-state index in [0.29, 0.717) is 12.5 Å². The first-order chi connectivity index (χ1) is 9.96. The van der Waals surface area contributed by atoms with E-state index in [1.54, 1.807) is 0 Å². The van der Waals surface area contributed by atoms with E-state index in [4.69, 9.17) is 5.73 Å². The number of alkyl halides is 3. The van der Waals surface area contributed by atoms with Crippen molar-refractivity contribution < 1.29 is 21.6 Å². The first-order valence-corrected chi connectivity index (χ1v) is 8.29. The molecule has 0 amide bonds. The predicted molar refractivity (Wildman–Crippen MR) is 78.7 cm³/mol. The maximum atomic E-state index is 12.7. The first-order valence-electron chi connectivity index (χ1n) is 6.85. The van der Waals surface area contributed by atoms with Crippen molar-refractivity contribution in [2.24, 2.45) is 11.7 Å². The van der Waals surface area contributed by atoms with Crippen molar-refractivity contribution in [3.63, 3.8) is 0 Å². The molecule has 1 rings (SSSR count). The standard InChI is InChI=1S/C14H21F3N2O2S/c1-10(2)13(18)7-8-19(3)22(20,21)12-6-4-5-11(9-12)14(15,16)17/h4-6,9-10,13H,7-8,18H2,1-3H3. The molecule has 8 heteroatoms. The summed E-state index contributed by atoms with van der Waals surface area (Å²) in [7, 11) is -2.63. The summed E-state index contributed by atoms with van der Waals surface area (Å²) in [4.78, 5) is -0.372. The van der Waals surface area contributed by atoms with Gasteiger partial charge in [0.2, 0.25) is 10.0 Å². The number of halogens is 3. The van der Waals surface area contributed by atoms with Gasteiger partial charge in [-0.05, 0) is 30.5 Å². The Balaban J connectivity index is 2.94. The van der Waals surface area contributed by atoms with Gasteiger partial charge in [-0.2, -0.15) is 13.2 Å². The molecule has 22 heavy (non-hydrogen) atoms. The third-order valence-electron chi connectivity index (χ3n) is 3.50. The summed E-state index contributed by atoms with van der Waals surface area (Å²) in [6, 6.07) is 3.56. The highest BCUT2D eigenvalue weighted by Crippen LogP contribution is 2.31. The number of nitrogens with zero attached hydrogens (tertiary/aromatic N) is 1. The zero-order valence-electron chi connectivity index (χ0n) is 12.8. The van der Waals surface area contributed by atoms with Gasteiger partial charge in [0.05, 0.1) is 10.5 Å². The molecule has 1 atom stereocenters. The van der Waals surface area contributed by atoms with E-state index < -0.39 is 21.8 Å². The molecule has 0 bridgehead atoms. The van der Waals surface area contributed by atoms with Crippen LogP contribution in [0.5, 0.6) is 0 Å². The van der Waals surface area contributed by atoms with Gasteiger partial charge >= 0.3 is 6.18 Å². The van der Waals surface area contributed by atoms with Gasteiger partial charge in [0.1, 0.15) is 0 Å². The largest absolute Gasteiger partial charge is 0.416 e. The van der Waals surface area contributed by atoms with Gasteiger partial charge in [-0.15, -0.1) is 0 Å². The van der Waals surface area contributed by atoms with Crippen LogP contribution in [0.25, 0.3) is 0 Å². The number of hydrogen-bond acceptors (Lipinski definition) is 3.